The third-order valence-electron chi connectivity index (χ3n) is 6.06. The number of anilines is 1. The van der Waals surface area contributed by atoms with Gasteiger partial charge < -0.3 is 15.0 Å². The molecule has 0 radical (unpaired) electrons. The average Bonchev–Trinajstić information content (AvgIpc) is 3.33. The van der Waals surface area contributed by atoms with Crippen LogP contribution < -0.4 is 5.32 Å². The fourth-order valence-corrected chi connectivity index (χ4v) is 4.27. The fourth-order valence-electron chi connectivity index (χ4n) is 4.27. The summed E-state index contributed by atoms with van der Waals surface area (Å²) in [7, 11) is 0. The number of ether oxygens (including phenoxy) is 1. The maximum Gasteiger partial charge on any atom is 0.410 e. The van der Waals surface area contributed by atoms with Crippen LogP contribution in [-0.2, 0) is 11.3 Å². The predicted octanol–water partition coefficient (Wildman–Crippen LogP) is 4.06. The number of pyridine rings is 1. The van der Waals surface area contributed by atoms with Crippen LogP contribution in [0.5, 0.6) is 0 Å². The van der Waals surface area contributed by atoms with Crippen LogP contribution in [0.2, 0.25) is 0 Å². The molecule has 1 N–H and O–H groups in total. The smallest absolute Gasteiger partial charge is 0.410 e. The molecule has 1 saturated heterocycles. The van der Waals surface area contributed by atoms with Crippen molar-refractivity contribution in [1.29, 1.82) is 0 Å². The van der Waals surface area contributed by atoms with Gasteiger partial charge in [0.1, 0.15) is 18.8 Å². The Morgan fingerprint density at radius 1 is 1.12 bits per heavy atom. The molecular weight excluding hydrogens is 430 g/mol. The highest BCUT2D eigenvalue weighted by Crippen LogP contribution is 2.21. The number of carbonyl (C=O) groups excluding carboxylic acids is 1. The van der Waals surface area contributed by atoms with Gasteiger partial charge in [0.05, 0.1) is 17.2 Å². The van der Waals surface area contributed by atoms with Crippen LogP contribution in [0.4, 0.5) is 10.7 Å². The van der Waals surface area contributed by atoms with E-state index in [1.807, 2.05) is 51.9 Å². The number of piperidine rings is 1. The lowest BCUT2D eigenvalue weighted by atomic mass is 9.95. The van der Waals surface area contributed by atoms with E-state index in [1.165, 1.54) is 0 Å². The molecule has 3 aromatic heterocycles. The van der Waals surface area contributed by atoms with Gasteiger partial charge >= 0.3 is 6.09 Å². The van der Waals surface area contributed by atoms with E-state index in [-0.39, 0.29) is 6.09 Å². The normalized spacial score (nSPS) is 15.9. The zero-order valence-electron chi connectivity index (χ0n) is 18.9. The van der Waals surface area contributed by atoms with Gasteiger partial charge in [-0.05, 0) is 42.9 Å². The molecule has 5 rings (SSSR count). The van der Waals surface area contributed by atoms with Crippen molar-refractivity contribution in [2.24, 2.45) is 5.92 Å². The minimum atomic E-state index is -0.236. The van der Waals surface area contributed by atoms with Crippen molar-refractivity contribution in [2.45, 2.75) is 25.9 Å². The molecule has 4 heterocycles. The largest absolute Gasteiger partial charge is 0.445 e. The zero-order chi connectivity index (χ0) is 23.2. The number of carbonyl (C=O) groups is 1. The molecule has 1 fully saturated rings. The molecule has 1 aromatic carbocycles. The molecular formula is C25H27N7O2. The van der Waals surface area contributed by atoms with E-state index in [0.717, 1.165) is 54.8 Å². The van der Waals surface area contributed by atoms with Crippen molar-refractivity contribution in [1.82, 2.24) is 29.4 Å². The zero-order valence-corrected chi connectivity index (χ0v) is 18.9. The van der Waals surface area contributed by atoms with Gasteiger partial charge in [-0.3, -0.25) is 9.55 Å². The van der Waals surface area contributed by atoms with Crippen molar-refractivity contribution < 1.29 is 9.53 Å². The standard InChI is InChI=1S/C25H27N7O2/c33-25(34-17-20-5-2-1-3-6-20)31-14-4-7-19(16-31)8-12-27-24-28-13-10-23(30-24)32-18-29-21-9-11-26-15-22(21)32/h1-3,5-6,9-11,13,15,18-19H,4,7-8,12,14,16-17H2,(H,27,28,30). The maximum atomic E-state index is 12.5. The van der Waals surface area contributed by atoms with Crippen molar-refractivity contribution in [3.8, 4) is 5.82 Å². The first-order valence-electron chi connectivity index (χ1n) is 11.6. The monoisotopic (exact) mass is 457 g/mol. The van der Waals surface area contributed by atoms with E-state index in [9.17, 15) is 4.79 Å². The van der Waals surface area contributed by atoms with Crippen molar-refractivity contribution >= 4 is 23.1 Å². The van der Waals surface area contributed by atoms with Crippen LogP contribution in [0, 0.1) is 5.92 Å². The minimum Gasteiger partial charge on any atom is -0.445 e. The van der Waals surface area contributed by atoms with E-state index in [2.05, 4.69) is 25.3 Å². The quantitative estimate of drug-likeness (QED) is 0.447. The molecule has 9 nitrogen and oxygen atoms in total. The Bertz CT molecular complexity index is 1240. The summed E-state index contributed by atoms with van der Waals surface area (Å²) in [6, 6.07) is 13.5. The number of likely N-dealkylation sites (tertiary alicyclic amines) is 1. The maximum absolute atomic E-state index is 12.5. The average molecular weight is 458 g/mol. The highest BCUT2D eigenvalue weighted by Gasteiger charge is 2.24. The van der Waals surface area contributed by atoms with E-state index in [0.29, 0.717) is 25.0 Å². The number of benzene rings is 1. The highest BCUT2D eigenvalue weighted by atomic mass is 16.6. The van der Waals surface area contributed by atoms with Gasteiger partial charge in [0.2, 0.25) is 5.95 Å². The molecule has 1 unspecified atom stereocenters. The molecule has 0 spiro atoms. The molecule has 1 aliphatic heterocycles. The second-order valence-electron chi connectivity index (χ2n) is 8.43. The van der Waals surface area contributed by atoms with Gasteiger partial charge in [-0.1, -0.05) is 30.3 Å². The summed E-state index contributed by atoms with van der Waals surface area (Å²) in [5.74, 6) is 1.72. The molecule has 1 aliphatic rings. The summed E-state index contributed by atoms with van der Waals surface area (Å²) < 4.78 is 7.41. The van der Waals surface area contributed by atoms with E-state index >= 15 is 0 Å². The first-order chi connectivity index (χ1) is 16.8. The van der Waals surface area contributed by atoms with Gasteiger partial charge in [0.15, 0.2) is 0 Å². The number of hydrogen-bond acceptors (Lipinski definition) is 7. The number of rotatable bonds is 7. The van der Waals surface area contributed by atoms with Gasteiger partial charge in [-0.15, -0.1) is 0 Å². The Hall–Kier alpha value is -4.01. The molecule has 9 heteroatoms. The lowest BCUT2D eigenvalue weighted by Gasteiger charge is -2.32. The second kappa shape index (κ2) is 10.3. The summed E-state index contributed by atoms with van der Waals surface area (Å²) in [5, 5.41) is 3.33. The summed E-state index contributed by atoms with van der Waals surface area (Å²) >= 11 is 0. The Kier molecular flexibility index (Phi) is 6.60. The SMILES string of the molecule is O=C(OCc1ccccc1)N1CCCC(CCNc2nccc(-n3cnc4ccncc43)n2)C1. The number of fused-ring (bicyclic) bond motifs is 1. The molecule has 174 valence electrons. The van der Waals surface area contributed by atoms with Crippen LogP contribution in [0.25, 0.3) is 16.9 Å². The lowest BCUT2D eigenvalue weighted by molar-refractivity contribution is 0.0784. The predicted molar refractivity (Wildman–Crippen MR) is 128 cm³/mol. The number of nitrogens with zero attached hydrogens (tertiary/aromatic N) is 6. The number of hydrogen-bond donors (Lipinski definition) is 1. The first-order valence-corrected chi connectivity index (χ1v) is 11.6. The van der Waals surface area contributed by atoms with E-state index in [4.69, 9.17) is 4.74 Å². The van der Waals surface area contributed by atoms with E-state index in [1.54, 1.807) is 24.9 Å². The van der Waals surface area contributed by atoms with Crippen LogP contribution in [0.15, 0.2) is 67.4 Å². The van der Waals surface area contributed by atoms with Crippen LogP contribution >= 0.6 is 0 Å². The number of nitrogens with one attached hydrogen (secondary N) is 1. The molecule has 1 atom stereocenters. The van der Waals surface area contributed by atoms with Crippen LogP contribution in [0.1, 0.15) is 24.8 Å². The van der Waals surface area contributed by atoms with Crippen LogP contribution in [-0.4, -0.2) is 55.1 Å². The molecule has 0 saturated carbocycles. The summed E-state index contributed by atoms with van der Waals surface area (Å²) in [4.78, 5) is 31.9. The van der Waals surface area contributed by atoms with Crippen molar-refractivity contribution in [3.05, 3.63) is 72.9 Å². The number of amides is 1. The Morgan fingerprint density at radius 2 is 2.03 bits per heavy atom. The molecule has 4 aromatic rings. The fraction of sp³-hybridized carbons (Fsp3) is 0.320. The Morgan fingerprint density at radius 3 is 2.94 bits per heavy atom. The van der Waals surface area contributed by atoms with Gasteiger partial charge in [0, 0.05) is 32.0 Å². The summed E-state index contributed by atoms with van der Waals surface area (Å²) in [5.41, 5.74) is 2.76. The van der Waals surface area contributed by atoms with Crippen molar-refractivity contribution in [3.63, 3.8) is 0 Å². The number of aromatic nitrogens is 5. The molecule has 0 bridgehead atoms. The highest BCUT2D eigenvalue weighted by molar-refractivity contribution is 5.75. The van der Waals surface area contributed by atoms with Gasteiger partial charge in [-0.2, -0.15) is 4.98 Å². The third kappa shape index (κ3) is 5.14. The molecule has 34 heavy (non-hydrogen) atoms. The topological polar surface area (TPSA) is 98.1 Å². The molecule has 1 amide bonds. The van der Waals surface area contributed by atoms with Gasteiger partial charge in [-0.25, -0.2) is 14.8 Å². The van der Waals surface area contributed by atoms with E-state index < -0.39 is 0 Å². The summed E-state index contributed by atoms with van der Waals surface area (Å²) in [6.45, 7) is 2.49. The Balaban J connectivity index is 1.12. The minimum absolute atomic E-state index is 0.236. The lowest BCUT2D eigenvalue weighted by Crippen LogP contribution is -2.40. The number of imidazole rings is 1. The first kappa shape index (κ1) is 21.8. The summed E-state index contributed by atoms with van der Waals surface area (Å²) in [6.07, 6.45) is 9.74. The molecule has 0 aliphatic carbocycles. The third-order valence-corrected chi connectivity index (χ3v) is 6.06. The second-order valence-corrected chi connectivity index (χ2v) is 8.43. The van der Waals surface area contributed by atoms with Crippen LogP contribution in [0.3, 0.4) is 0 Å². The Labute approximate surface area is 197 Å². The van der Waals surface area contributed by atoms with Crippen molar-refractivity contribution in [2.75, 3.05) is 25.0 Å². The van der Waals surface area contributed by atoms with Gasteiger partial charge in [0.25, 0.3) is 0 Å².